The van der Waals surface area contributed by atoms with Crippen LogP contribution >= 0.6 is 0 Å². The third kappa shape index (κ3) is 8.33. The Morgan fingerprint density at radius 2 is 2.00 bits per heavy atom. The zero-order valence-electron chi connectivity index (χ0n) is 24.4. The average Bonchev–Trinajstić information content (AvgIpc) is 3.31. The van der Waals surface area contributed by atoms with E-state index in [-0.39, 0.29) is 31.2 Å². The smallest absolute Gasteiger partial charge is 0.406 e. The Balaban J connectivity index is 1.53. The second kappa shape index (κ2) is 14.0. The van der Waals surface area contributed by atoms with Crippen molar-refractivity contribution in [3.05, 3.63) is 53.7 Å². The molecule has 4 rings (SSSR count). The van der Waals surface area contributed by atoms with Crippen molar-refractivity contribution in [1.82, 2.24) is 14.8 Å². The van der Waals surface area contributed by atoms with Crippen molar-refractivity contribution in [3.63, 3.8) is 0 Å². The molecule has 1 saturated heterocycles. The summed E-state index contributed by atoms with van der Waals surface area (Å²) in [5.74, 6) is 5.76. The molecule has 0 saturated carbocycles. The summed E-state index contributed by atoms with van der Waals surface area (Å²) < 4.78 is 61.9. The van der Waals surface area contributed by atoms with E-state index in [1.165, 1.54) is 7.11 Å². The van der Waals surface area contributed by atoms with Gasteiger partial charge in [0.05, 0.1) is 42.7 Å². The first kappa shape index (κ1) is 32.0. The lowest BCUT2D eigenvalue weighted by Gasteiger charge is -2.33. The zero-order valence-corrected chi connectivity index (χ0v) is 24.4. The normalized spacial score (nSPS) is 18.0. The van der Waals surface area contributed by atoms with Crippen molar-refractivity contribution < 1.29 is 32.2 Å². The molecule has 1 fully saturated rings. The number of nitrogens with one attached hydrogen (secondary N) is 3. The van der Waals surface area contributed by atoms with Gasteiger partial charge < -0.3 is 35.3 Å². The Bertz CT molecular complexity index is 1480. The summed E-state index contributed by atoms with van der Waals surface area (Å²) >= 11 is 0. The van der Waals surface area contributed by atoms with Crippen LogP contribution in [-0.4, -0.2) is 85.3 Å². The van der Waals surface area contributed by atoms with E-state index >= 15 is 0 Å². The number of benzene rings is 2. The highest BCUT2D eigenvalue weighted by atomic mass is 19.4. The standard InChI is InChI=1S/C31H37F4N5O3/c1-4-22(41)17-37-30(42)20-10-11-27(29(15-20)43-3)36-13-6-7-21-16-23-25(38-26-12-14-39(2)18-24(26)32)8-5-9-28(23)40(21)19-31(33,34)35/h5,8-11,15-16,22,24,26,36,38,41H,4,12-14,17-19H2,1-3H3,(H,37,42)/t22-,24+,26-/m1/s1. The van der Waals surface area contributed by atoms with Gasteiger partial charge >= 0.3 is 6.18 Å². The molecule has 0 bridgehead atoms. The number of methoxy groups -OCH3 is 1. The van der Waals surface area contributed by atoms with Crippen LogP contribution in [0.2, 0.25) is 0 Å². The third-order valence-corrected chi connectivity index (χ3v) is 7.39. The van der Waals surface area contributed by atoms with Gasteiger partial charge in [0.15, 0.2) is 0 Å². The van der Waals surface area contributed by atoms with E-state index in [1.807, 2.05) is 18.9 Å². The number of aromatic nitrogens is 1. The Kier molecular flexibility index (Phi) is 10.4. The summed E-state index contributed by atoms with van der Waals surface area (Å²) in [6, 6.07) is 10.9. The van der Waals surface area contributed by atoms with Gasteiger partial charge in [-0.25, -0.2) is 4.39 Å². The van der Waals surface area contributed by atoms with Crippen LogP contribution in [0.5, 0.6) is 5.75 Å². The minimum Gasteiger partial charge on any atom is -0.495 e. The van der Waals surface area contributed by atoms with Crippen LogP contribution in [0.4, 0.5) is 28.9 Å². The maximum atomic E-state index is 14.7. The van der Waals surface area contributed by atoms with Gasteiger partial charge in [-0.05, 0) is 62.2 Å². The molecule has 2 aromatic carbocycles. The molecule has 1 aliphatic heterocycles. The fourth-order valence-corrected chi connectivity index (χ4v) is 4.99. The molecule has 3 atom stereocenters. The molecular formula is C31H37F4N5O3. The number of alkyl halides is 4. The Hall–Kier alpha value is -3.95. The number of hydrogen-bond donors (Lipinski definition) is 4. The summed E-state index contributed by atoms with van der Waals surface area (Å²) in [7, 11) is 3.30. The number of aliphatic hydroxyl groups is 1. The second-order valence-electron chi connectivity index (χ2n) is 10.6. The molecule has 4 N–H and O–H groups in total. The molecule has 1 aromatic heterocycles. The van der Waals surface area contributed by atoms with Crippen LogP contribution in [0.15, 0.2) is 42.5 Å². The maximum absolute atomic E-state index is 14.7. The SMILES string of the molecule is CC[C@@H](O)CNC(=O)c1ccc(NCC#Cc2cc3c(N[C@@H]4CCN(C)C[C@@H]4F)cccc3n2CC(F)(F)F)c(OC)c1. The van der Waals surface area contributed by atoms with E-state index in [0.717, 1.165) is 11.1 Å². The molecule has 0 spiro atoms. The lowest BCUT2D eigenvalue weighted by Crippen LogP contribution is -2.46. The van der Waals surface area contributed by atoms with Crippen LogP contribution in [0.1, 0.15) is 35.8 Å². The number of anilines is 2. The molecule has 1 amide bonds. The number of ether oxygens (including phenoxy) is 1. The minimum absolute atomic E-state index is 0.0857. The molecule has 2 heterocycles. The van der Waals surface area contributed by atoms with Crippen molar-refractivity contribution in [2.24, 2.45) is 0 Å². The third-order valence-electron chi connectivity index (χ3n) is 7.39. The van der Waals surface area contributed by atoms with Gasteiger partial charge in [-0.3, -0.25) is 4.79 Å². The topological polar surface area (TPSA) is 90.8 Å². The highest BCUT2D eigenvalue weighted by Gasteiger charge is 2.31. The van der Waals surface area contributed by atoms with Crippen LogP contribution in [0.25, 0.3) is 10.9 Å². The zero-order chi connectivity index (χ0) is 31.1. The maximum Gasteiger partial charge on any atom is 0.406 e. The molecular weight excluding hydrogens is 566 g/mol. The number of nitrogens with zero attached hydrogens (tertiary/aromatic N) is 2. The van der Waals surface area contributed by atoms with Crippen LogP contribution in [0.3, 0.4) is 0 Å². The number of carbonyl (C=O) groups is 1. The lowest BCUT2D eigenvalue weighted by atomic mass is 10.0. The van der Waals surface area contributed by atoms with Gasteiger partial charge in [0.2, 0.25) is 0 Å². The predicted octanol–water partition coefficient (Wildman–Crippen LogP) is 4.63. The molecule has 232 valence electrons. The number of aliphatic hydroxyl groups excluding tert-OH is 1. The van der Waals surface area contributed by atoms with Crippen LogP contribution in [0, 0.1) is 11.8 Å². The Morgan fingerprint density at radius 1 is 1.21 bits per heavy atom. The fourth-order valence-electron chi connectivity index (χ4n) is 4.99. The molecule has 1 aliphatic rings. The first-order valence-electron chi connectivity index (χ1n) is 14.1. The van der Waals surface area contributed by atoms with Crippen molar-refractivity contribution in [2.45, 2.75) is 50.8 Å². The van der Waals surface area contributed by atoms with Gasteiger partial charge in [0.25, 0.3) is 5.91 Å². The Morgan fingerprint density at radius 3 is 2.70 bits per heavy atom. The number of rotatable bonds is 10. The van der Waals surface area contributed by atoms with Crippen molar-refractivity contribution >= 4 is 28.2 Å². The van der Waals surface area contributed by atoms with Crippen molar-refractivity contribution in [3.8, 4) is 17.6 Å². The molecule has 0 aliphatic carbocycles. The van der Waals surface area contributed by atoms with E-state index in [4.69, 9.17) is 4.74 Å². The molecule has 8 nitrogen and oxygen atoms in total. The Labute approximate surface area is 248 Å². The predicted molar refractivity (Wildman–Crippen MR) is 159 cm³/mol. The molecule has 43 heavy (non-hydrogen) atoms. The highest BCUT2D eigenvalue weighted by molar-refractivity contribution is 5.95. The highest BCUT2D eigenvalue weighted by Crippen LogP contribution is 2.32. The van der Waals surface area contributed by atoms with Crippen LogP contribution < -0.4 is 20.7 Å². The molecule has 3 aromatic rings. The van der Waals surface area contributed by atoms with E-state index < -0.39 is 31.0 Å². The first-order chi connectivity index (χ1) is 20.5. The molecule has 0 radical (unpaired) electrons. The number of amides is 1. The van der Waals surface area contributed by atoms with Crippen molar-refractivity contribution in [1.29, 1.82) is 0 Å². The number of carbonyl (C=O) groups excluding carboxylic acids is 1. The van der Waals surface area contributed by atoms with E-state index in [2.05, 4.69) is 27.8 Å². The van der Waals surface area contributed by atoms with Gasteiger partial charge in [-0.2, -0.15) is 13.2 Å². The summed E-state index contributed by atoms with van der Waals surface area (Å²) in [5, 5.41) is 19.2. The minimum atomic E-state index is -4.47. The number of fused-ring (bicyclic) bond motifs is 1. The quantitative estimate of drug-likeness (QED) is 0.200. The summed E-state index contributed by atoms with van der Waals surface area (Å²) in [5.41, 5.74) is 1.98. The number of likely N-dealkylation sites (tertiary alicyclic amines) is 1. The van der Waals surface area contributed by atoms with E-state index in [9.17, 15) is 27.5 Å². The number of piperidine rings is 1. The molecule has 0 unspecified atom stereocenters. The molecule has 12 heteroatoms. The summed E-state index contributed by atoms with van der Waals surface area (Å²) in [6.07, 6.45) is -5.12. The second-order valence-corrected chi connectivity index (χ2v) is 10.6. The summed E-state index contributed by atoms with van der Waals surface area (Å²) in [6.45, 7) is 1.82. The van der Waals surface area contributed by atoms with Gasteiger partial charge in [0, 0.05) is 36.3 Å². The van der Waals surface area contributed by atoms with Gasteiger partial charge in [0.1, 0.15) is 18.5 Å². The average molecular weight is 604 g/mol. The number of halogens is 4. The van der Waals surface area contributed by atoms with E-state index in [0.29, 0.717) is 46.4 Å². The first-order valence-corrected chi connectivity index (χ1v) is 14.1. The van der Waals surface area contributed by atoms with Crippen molar-refractivity contribution in [2.75, 3.05) is 51.0 Å². The largest absolute Gasteiger partial charge is 0.495 e. The fraction of sp³-hybridized carbons (Fsp3) is 0.452. The lowest BCUT2D eigenvalue weighted by molar-refractivity contribution is -0.140. The number of hydrogen-bond acceptors (Lipinski definition) is 6. The van der Waals surface area contributed by atoms with Crippen LogP contribution in [-0.2, 0) is 6.54 Å². The monoisotopic (exact) mass is 603 g/mol. The van der Waals surface area contributed by atoms with Gasteiger partial charge in [-0.1, -0.05) is 18.9 Å². The summed E-state index contributed by atoms with van der Waals surface area (Å²) in [4.78, 5) is 14.3. The van der Waals surface area contributed by atoms with Gasteiger partial charge in [-0.15, -0.1) is 0 Å². The van der Waals surface area contributed by atoms with E-state index in [1.54, 1.807) is 42.5 Å².